The van der Waals surface area contributed by atoms with E-state index in [1.54, 1.807) is 6.07 Å². The average molecular weight is 525 g/mol. The van der Waals surface area contributed by atoms with Gasteiger partial charge in [0.25, 0.3) is 0 Å². The summed E-state index contributed by atoms with van der Waals surface area (Å²) < 4.78 is 6.06. The van der Waals surface area contributed by atoms with Crippen LogP contribution in [-0.4, -0.2) is 44.7 Å². The third-order valence-corrected chi connectivity index (χ3v) is 6.89. The van der Waals surface area contributed by atoms with E-state index in [9.17, 15) is 5.11 Å². The van der Waals surface area contributed by atoms with E-state index < -0.39 is 0 Å². The Labute approximate surface area is 232 Å². The number of likely N-dealkylation sites (tertiary alicyclic amines) is 1. The summed E-state index contributed by atoms with van der Waals surface area (Å²) in [6.45, 7) is 5.92. The Hall–Kier alpha value is -3.77. The molecule has 0 aliphatic carbocycles. The predicted molar refractivity (Wildman–Crippen MR) is 158 cm³/mol. The predicted octanol–water partition coefficient (Wildman–Crippen LogP) is 7.54. The Morgan fingerprint density at radius 1 is 0.795 bits per heavy atom. The van der Waals surface area contributed by atoms with E-state index in [4.69, 9.17) is 4.74 Å². The highest BCUT2D eigenvalue weighted by molar-refractivity contribution is 5.67. The Morgan fingerprint density at radius 3 is 2.05 bits per heavy atom. The van der Waals surface area contributed by atoms with Gasteiger partial charge < -0.3 is 9.84 Å². The lowest BCUT2D eigenvalue weighted by Crippen LogP contribution is -2.29. The van der Waals surface area contributed by atoms with Crippen molar-refractivity contribution in [3.63, 3.8) is 0 Å². The topological polar surface area (TPSA) is 71.4 Å². The lowest BCUT2D eigenvalue weighted by molar-refractivity contribution is 0.215. The second-order valence-corrected chi connectivity index (χ2v) is 9.92. The van der Waals surface area contributed by atoms with Gasteiger partial charge in [-0.2, -0.15) is 0 Å². The summed E-state index contributed by atoms with van der Waals surface area (Å²) in [5.74, 6) is 1.40. The van der Waals surface area contributed by atoms with Crippen LogP contribution in [0.25, 0.3) is 22.5 Å². The number of hydrogen-bond acceptors (Lipinski definition) is 6. The van der Waals surface area contributed by atoms with E-state index in [-0.39, 0.29) is 5.75 Å². The van der Waals surface area contributed by atoms with Gasteiger partial charge in [0, 0.05) is 18.2 Å². The van der Waals surface area contributed by atoms with Crippen LogP contribution < -0.4 is 4.74 Å². The Bertz CT molecular complexity index is 1190. The summed E-state index contributed by atoms with van der Waals surface area (Å²) in [6.07, 6.45) is 11.3. The summed E-state index contributed by atoms with van der Waals surface area (Å²) in [5.41, 5.74) is 4.26. The fourth-order valence-electron chi connectivity index (χ4n) is 4.76. The Kier molecular flexibility index (Phi) is 11.3. The van der Waals surface area contributed by atoms with Gasteiger partial charge >= 0.3 is 0 Å². The number of benzene rings is 3. The van der Waals surface area contributed by atoms with Gasteiger partial charge in [-0.05, 0) is 49.5 Å². The van der Waals surface area contributed by atoms with Crippen molar-refractivity contribution in [2.75, 3.05) is 19.7 Å². The first kappa shape index (κ1) is 28.2. The molecule has 3 aromatic carbocycles. The molecule has 1 aliphatic rings. The van der Waals surface area contributed by atoms with Gasteiger partial charge in [-0.25, -0.2) is 15.0 Å². The van der Waals surface area contributed by atoms with Gasteiger partial charge in [0.15, 0.2) is 5.82 Å². The number of unbranched alkanes of at least 4 members (excludes halogenated alkanes) is 3. The SMILES string of the molecule is CCCCCCOc1cc(O)c(-c2ncncn2)cc1CN1CCCCC1.c1ccc(-c2ccccc2)cc1. The number of phenols is 1. The molecule has 1 saturated heterocycles. The van der Waals surface area contributed by atoms with Gasteiger partial charge in [0.05, 0.1) is 12.2 Å². The molecule has 6 nitrogen and oxygen atoms in total. The number of ether oxygens (including phenoxy) is 1. The molecule has 6 heteroatoms. The molecule has 1 N–H and O–H groups in total. The van der Waals surface area contributed by atoms with Crippen molar-refractivity contribution in [2.45, 2.75) is 58.4 Å². The number of hydrogen-bond donors (Lipinski definition) is 1. The minimum atomic E-state index is 0.146. The molecule has 1 aromatic heterocycles. The van der Waals surface area contributed by atoms with E-state index in [1.165, 1.54) is 62.3 Å². The maximum Gasteiger partial charge on any atom is 0.166 e. The van der Waals surface area contributed by atoms with E-state index in [0.717, 1.165) is 37.4 Å². The minimum absolute atomic E-state index is 0.146. The lowest BCUT2D eigenvalue weighted by Gasteiger charge is -2.27. The third-order valence-electron chi connectivity index (χ3n) is 6.89. The second kappa shape index (κ2) is 15.6. The zero-order chi connectivity index (χ0) is 27.1. The molecule has 204 valence electrons. The van der Waals surface area contributed by atoms with Crippen molar-refractivity contribution in [3.05, 3.63) is 91.0 Å². The largest absolute Gasteiger partial charge is 0.507 e. The van der Waals surface area contributed by atoms with Gasteiger partial charge in [0.2, 0.25) is 0 Å². The number of aromatic nitrogens is 3. The first-order chi connectivity index (χ1) is 19.2. The van der Waals surface area contributed by atoms with Crippen LogP contribution in [0.3, 0.4) is 0 Å². The molecule has 0 atom stereocenters. The molecular weight excluding hydrogens is 484 g/mol. The zero-order valence-corrected chi connectivity index (χ0v) is 23.0. The molecule has 1 fully saturated rings. The molecule has 0 radical (unpaired) electrons. The highest BCUT2D eigenvalue weighted by atomic mass is 16.5. The van der Waals surface area contributed by atoms with Crippen LogP contribution in [0.4, 0.5) is 0 Å². The van der Waals surface area contributed by atoms with Crippen molar-refractivity contribution < 1.29 is 9.84 Å². The summed E-state index contributed by atoms with van der Waals surface area (Å²) in [4.78, 5) is 14.7. The quantitative estimate of drug-likeness (QED) is 0.216. The van der Waals surface area contributed by atoms with Crippen LogP contribution in [0.2, 0.25) is 0 Å². The van der Waals surface area contributed by atoms with Gasteiger partial charge in [0.1, 0.15) is 24.2 Å². The molecule has 2 heterocycles. The Morgan fingerprint density at radius 2 is 1.44 bits per heavy atom. The second-order valence-electron chi connectivity index (χ2n) is 9.92. The zero-order valence-electron chi connectivity index (χ0n) is 23.0. The van der Waals surface area contributed by atoms with Gasteiger partial charge in [-0.15, -0.1) is 0 Å². The Balaban J connectivity index is 0.000000243. The molecule has 0 saturated carbocycles. The molecule has 0 spiro atoms. The molecule has 0 amide bonds. The third kappa shape index (κ3) is 8.89. The molecule has 5 rings (SSSR count). The van der Waals surface area contributed by atoms with Crippen molar-refractivity contribution in [1.82, 2.24) is 19.9 Å². The molecule has 4 aromatic rings. The van der Waals surface area contributed by atoms with Crippen molar-refractivity contribution in [3.8, 4) is 34.0 Å². The molecule has 0 bridgehead atoms. The van der Waals surface area contributed by atoms with E-state index in [0.29, 0.717) is 18.0 Å². The van der Waals surface area contributed by atoms with Crippen LogP contribution in [0, 0.1) is 0 Å². The highest BCUT2D eigenvalue weighted by Gasteiger charge is 2.18. The van der Waals surface area contributed by atoms with Crippen LogP contribution in [0.5, 0.6) is 11.5 Å². The monoisotopic (exact) mass is 524 g/mol. The number of nitrogens with zero attached hydrogens (tertiary/aromatic N) is 4. The smallest absolute Gasteiger partial charge is 0.166 e. The average Bonchev–Trinajstić information content (AvgIpc) is 3.00. The normalized spacial score (nSPS) is 13.4. The van der Waals surface area contributed by atoms with Gasteiger partial charge in [-0.1, -0.05) is 93.3 Å². The van der Waals surface area contributed by atoms with Crippen LogP contribution in [0.1, 0.15) is 57.4 Å². The minimum Gasteiger partial charge on any atom is -0.507 e. The number of aromatic hydroxyl groups is 1. The molecule has 1 aliphatic heterocycles. The maximum absolute atomic E-state index is 10.5. The van der Waals surface area contributed by atoms with Crippen LogP contribution >= 0.6 is 0 Å². The number of rotatable bonds is 10. The first-order valence-corrected chi connectivity index (χ1v) is 14.2. The fourth-order valence-corrected chi connectivity index (χ4v) is 4.76. The van der Waals surface area contributed by atoms with Crippen molar-refractivity contribution in [2.24, 2.45) is 0 Å². The summed E-state index contributed by atoms with van der Waals surface area (Å²) in [6, 6.07) is 24.5. The maximum atomic E-state index is 10.5. The summed E-state index contributed by atoms with van der Waals surface area (Å²) in [5, 5.41) is 10.5. The highest BCUT2D eigenvalue weighted by Crippen LogP contribution is 2.35. The fraction of sp³-hybridized carbons (Fsp3) is 0.364. The van der Waals surface area contributed by atoms with E-state index >= 15 is 0 Å². The van der Waals surface area contributed by atoms with E-state index in [1.807, 2.05) is 18.2 Å². The van der Waals surface area contributed by atoms with Gasteiger partial charge in [-0.3, -0.25) is 4.90 Å². The summed E-state index contributed by atoms with van der Waals surface area (Å²) in [7, 11) is 0. The first-order valence-electron chi connectivity index (χ1n) is 14.2. The number of phenolic OH excluding ortho intramolecular Hbond substituents is 1. The molecular formula is C33H40N4O2. The standard InChI is InChI=1S/C21H30N4O2.C12H10/c1-2-3-4-8-11-27-20-13-19(26)18(21-23-15-22-16-24-21)12-17(20)14-25-9-6-5-7-10-25;1-3-7-11(8-4-1)12-9-5-2-6-10-12/h12-13,15-16,26H,2-11,14H2,1H3;1-10H. The van der Waals surface area contributed by atoms with Crippen molar-refractivity contribution in [1.29, 1.82) is 0 Å². The molecule has 39 heavy (non-hydrogen) atoms. The van der Waals surface area contributed by atoms with Crippen molar-refractivity contribution >= 4 is 0 Å². The number of piperidine rings is 1. The summed E-state index contributed by atoms with van der Waals surface area (Å²) >= 11 is 0. The lowest BCUT2D eigenvalue weighted by atomic mass is 10.0. The van der Waals surface area contributed by atoms with Crippen LogP contribution in [-0.2, 0) is 6.54 Å². The van der Waals surface area contributed by atoms with E-state index in [2.05, 4.69) is 75.3 Å². The molecule has 0 unspecified atom stereocenters. The van der Waals surface area contributed by atoms with Crippen LogP contribution in [0.15, 0.2) is 85.5 Å².